The van der Waals surface area contributed by atoms with E-state index in [0.717, 1.165) is 28.4 Å². The maximum Gasteiger partial charge on any atom is 0.233 e. The lowest BCUT2D eigenvalue weighted by atomic mass is 10.2. The Bertz CT molecular complexity index is 891. The maximum absolute atomic E-state index is 12.8. The van der Waals surface area contributed by atoms with E-state index in [0.29, 0.717) is 12.2 Å². The van der Waals surface area contributed by atoms with E-state index >= 15 is 0 Å². The highest BCUT2D eigenvalue weighted by Gasteiger charge is 2.41. The first-order valence-electron chi connectivity index (χ1n) is 8.67. The van der Waals surface area contributed by atoms with Crippen molar-refractivity contribution in [2.75, 3.05) is 17.3 Å². The van der Waals surface area contributed by atoms with Gasteiger partial charge in [0.05, 0.1) is 23.0 Å². The predicted molar refractivity (Wildman–Crippen MR) is 105 cm³/mol. The fourth-order valence-electron chi connectivity index (χ4n) is 3.32. The van der Waals surface area contributed by atoms with Crippen LogP contribution in [0.4, 0.5) is 0 Å². The zero-order valence-corrected chi connectivity index (χ0v) is 16.7. The number of carbonyl (C=O) groups excluding carboxylic acids is 1. The van der Waals surface area contributed by atoms with Gasteiger partial charge in [0.25, 0.3) is 0 Å². The molecule has 0 N–H and O–H groups in total. The summed E-state index contributed by atoms with van der Waals surface area (Å²) in [6.45, 7) is 0. The molecule has 2 heterocycles. The monoisotopic (exact) mass is 408 g/mol. The molecule has 1 atom stereocenters. The maximum atomic E-state index is 12.8. The number of amides is 1. The number of nitrogens with zero attached hydrogens (tertiary/aromatic N) is 2. The summed E-state index contributed by atoms with van der Waals surface area (Å²) in [5.41, 5.74) is 1.99. The van der Waals surface area contributed by atoms with Crippen LogP contribution in [0.1, 0.15) is 19.3 Å². The van der Waals surface area contributed by atoms with Gasteiger partial charge in [-0.25, -0.2) is 13.4 Å². The molecule has 26 heavy (non-hydrogen) atoms. The summed E-state index contributed by atoms with van der Waals surface area (Å²) >= 11 is 2.98. The van der Waals surface area contributed by atoms with E-state index in [1.807, 2.05) is 40.6 Å². The lowest BCUT2D eigenvalue weighted by Crippen LogP contribution is -2.43. The molecule has 1 aromatic carbocycles. The van der Waals surface area contributed by atoms with Crippen molar-refractivity contribution >= 4 is 38.8 Å². The third-order valence-electron chi connectivity index (χ3n) is 4.70. The number of carbonyl (C=O) groups is 1. The lowest BCUT2D eigenvalue weighted by Gasteiger charge is -2.28. The molecule has 1 aliphatic carbocycles. The molecule has 2 aliphatic rings. The fourth-order valence-corrected chi connectivity index (χ4v) is 6.73. The van der Waals surface area contributed by atoms with Crippen LogP contribution in [-0.2, 0) is 14.6 Å². The van der Waals surface area contributed by atoms with Crippen LogP contribution in [0.2, 0.25) is 0 Å². The number of benzene rings is 1. The number of aromatic nitrogens is 1. The van der Waals surface area contributed by atoms with Crippen LogP contribution in [0.3, 0.4) is 0 Å². The predicted octanol–water partition coefficient (Wildman–Crippen LogP) is 3.08. The number of hydrogen-bond donors (Lipinski definition) is 0. The Labute approximate surface area is 161 Å². The zero-order valence-electron chi connectivity index (χ0n) is 14.2. The van der Waals surface area contributed by atoms with Gasteiger partial charge >= 0.3 is 0 Å². The number of rotatable bonds is 6. The topological polar surface area (TPSA) is 67.3 Å². The van der Waals surface area contributed by atoms with E-state index in [1.54, 1.807) is 0 Å². The molecule has 1 saturated heterocycles. The normalized spacial score (nSPS) is 21.6. The lowest BCUT2D eigenvalue weighted by molar-refractivity contribution is -0.130. The molecule has 0 radical (unpaired) electrons. The summed E-state index contributed by atoms with van der Waals surface area (Å²) < 4.78 is 24.4. The number of thiazole rings is 1. The summed E-state index contributed by atoms with van der Waals surface area (Å²) in [6, 6.07) is 10.1. The van der Waals surface area contributed by atoms with Crippen molar-refractivity contribution in [1.29, 1.82) is 0 Å². The molecule has 1 aromatic heterocycles. The van der Waals surface area contributed by atoms with E-state index < -0.39 is 9.84 Å². The van der Waals surface area contributed by atoms with Gasteiger partial charge in [-0.3, -0.25) is 4.79 Å². The van der Waals surface area contributed by atoms with Gasteiger partial charge in [-0.2, -0.15) is 0 Å². The third kappa shape index (κ3) is 4.13. The van der Waals surface area contributed by atoms with Crippen LogP contribution in [0.15, 0.2) is 40.1 Å². The minimum Gasteiger partial charge on any atom is -0.335 e. The third-order valence-corrected chi connectivity index (χ3v) is 8.46. The van der Waals surface area contributed by atoms with Crippen molar-refractivity contribution in [2.45, 2.75) is 35.7 Å². The van der Waals surface area contributed by atoms with Crippen molar-refractivity contribution in [3.8, 4) is 11.3 Å². The zero-order chi connectivity index (χ0) is 18.1. The average Bonchev–Trinajstić information content (AvgIpc) is 3.22. The second-order valence-corrected chi connectivity index (χ2v) is 11.1. The molecule has 0 bridgehead atoms. The molecule has 8 heteroatoms. The van der Waals surface area contributed by atoms with Gasteiger partial charge in [0.1, 0.15) is 0 Å². The minimum atomic E-state index is -2.99. The second kappa shape index (κ2) is 7.32. The van der Waals surface area contributed by atoms with Crippen LogP contribution in [0, 0.1) is 0 Å². The first kappa shape index (κ1) is 18.0. The summed E-state index contributed by atoms with van der Waals surface area (Å²) in [5.74, 6) is 0.675. The molecule has 0 spiro atoms. The highest BCUT2D eigenvalue weighted by atomic mass is 32.2. The average molecular weight is 409 g/mol. The first-order chi connectivity index (χ1) is 12.5. The molecule has 4 rings (SSSR count). The Balaban J connectivity index is 1.39. The molecule has 1 saturated carbocycles. The van der Waals surface area contributed by atoms with Crippen molar-refractivity contribution in [3.63, 3.8) is 0 Å². The molecule has 1 amide bonds. The number of thioether (sulfide) groups is 1. The van der Waals surface area contributed by atoms with Gasteiger partial charge in [-0.15, -0.1) is 11.3 Å². The Morgan fingerprint density at radius 2 is 1.96 bits per heavy atom. The van der Waals surface area contributed by atoms with Gasteiger partial charge in [0.2, 0.25) is 5.91 Å². The first-order valence-corrected chi connectivity index (χ1v) is 12.4. The standard InChI is InChI=1S/C18H20N2O3S3/c21-17(20(14-6-7-14)15-8-9-26(22,23)12-15)11-25-18-19-16(10-24-18)13-4-2-1-3-5-13/h1-5,10,14-15H,6-9,11-12H2. The molecule has 5 nitrogen and oxygen atoms in total. The highest BCUT2D eigenvalue weighted by Crippen LogP contribution is 2.34. The van der Waals surface area contributed by atoms with Crippen LogP contribution >= 0.6 is 23.1 Å². The molecule has 2 fully saturated rings. The summed E-state index contributed by atoms with van der Waals surface area (Å²) in [5, 5.41) is 2.00. The van der Waals surface area contributed by atoms with Gasteiger partial charge < -0.3 is 4.90 Å². The van der Waals surface area contributed by atoms with Crippen molar-refractivity contribution in [3.05, 3.63) is 35.7 Å². The van der Waals surface area contributed by atoms with Crippen molar-refractivity contribution < 1.29 is 13.2 Å². The van der Waals surface area contributed by atoms with Gasteiger partial charge in [-0.1, -0.05) is 42.1 Å². The Morgan fingerprint density at radius 3 is 2.62 bits per heavy atom. The molecular weight excluding hydrogens is 388 g/mol. The van der Waals surface area contributed by atoms with Crippen LogP contribution in [0.25, 0.3) is 11.3 Å². The van der Waals surface area contributed by atoms with Crippen molar-refractivity contribution in [2.24, 2.45) is 0 Å². The van der Waals surface area contributed by atoms with E-state index in [1.165, 1.54) is 23.1 Å². The van der Waals surface area contributed by atoms with Crippen LogP contribution in [0.5, 0.6) is 0 Å². The van der Waals surface area contributed by atoms with E-state index in [9.17, 15) is 13.2 Å². The second-order valence-electron chi connectivity index (χ2n) is 6.74. The van der Waals surface area contributed by atoms with Gasteiger partial charge in [-0.05, 0) is 19.3 Å². The summed E-state index contributed by atoms with van der Waals surface area (Å²) in [4.78, 5) is 19.2. The molecule has 1 unspecified atom stereocenters. The Hall–Kier alpha value is -1.38. The summed E-state index contributed by atoms with van der Waals surface area (Å²) in [7, 11) is -2.99. The SMILES string of the molecule is O=C(CSc1nc(-c2ccccc2)cs1)N(C1CC1)C1CCS(=O)(=O)C1. The van der Waals surface area contributed by atoms with Crippen LogP contribution in [-0.4, -0.2) is 53.6 Å². The largest absolute Gasteiger partial charge is 0.335 e. The van der Waals surface area contributed by atoms with Gasteiger partial charge in [0, 0.05) is 23.0 Å². The molecule has 2 aromatic rings. The number of sulfone groups is 1. The molecule has 138 valence electrons. The highest BCUT2D eigenvalue weighted by molar-refractivity contribution is 8.01. The minimum absolute atomic E-state index is 0.0380. The van der Waals surface area contributed by atoms with E-state index in [-0.39, 0.29) is 29.5 Å². The molecule has 1 aliphatic heterocycles. The Morgan fingerprint density at radius 1 is 1.19 bits per heavy atom. The fraction of sp³-hybridized carbons (Fsp3) is 0.444. The van der Waals surface area contributed by atoms with Crippen LogP contribution < -0.4 is 0 Å². The summed E-state index contributed by atoms with van der Waals surface area (Å²) in [6.07, 6.45) is 2.55. The van der Waals surface area contributed by atoms with Gasteiger partial charge in [0.15, 0.2) is 14.2 Å². The smallest absolute Gasteiger partial charge is 0.233 e. The quantitative estimate of drug-likeness (QED) is 0.687. The van der Waals surface area contributed by atoms with E-state index in [2.05, 4.69) is 4.98 Å². The van der Waals surface area contributed by atoms with Crippen molar-refractivity contribution in [1.82, 2.24) is 9.88 Å². The van der Waals surface area contributed by atoms with E-state index in [4.69, 9.17) is 0 Å². The molecular formula is C18H20N2O3S3. The number of hydrogen-bond acceptors (Lipinski definition) is 6. The Kier molecular flexibility index (Phi) is 5.07.